The van der Waals surface area contributed by atoms with E-state index < -0.39 is 5.91 Å². The molecule has 0 atom stereocenters. The molecule has 0 aromatic heterocycles. The summed E-state index contributed by atoms with van der Waals surface area (Å²) in [7, 11) is 0. The molecule has 0 aromatic rings. The second kappa shape index (κ2) is 3.23. The molecule has 0 bridgehead atoms. The fraction of sp³-hybridized carbons (Fsp3) is 0. The molecule has 0 heterocycles. The molecule has 4 nitrogen and oxygen atoms in total. The van der Waals surface area contributed by atoms with Crippen molar-refractivity contribution >= 4 is 5.91 Å². The van der Waals surface area contributed by atoms with Crippen molar-refractivity contribution in [2.45, 2.75) is 0 Å². The Hall–Kier alpha value is -1.81. The van der Waals surface area contributed by atoms with E-state index in [2.05, 4.69) is 5.73 Å². The van der Waals surface area contributed by atoms with Gasteiger partial charge in [0.2, 0.25) is 0 Å². The van der Waals surface area contributed by atoms with Crippen LogP contribution in [0.5, 0.6) is 0 Å². The number of nitrogens with zero attached hydrogens (tertiary/aromatic N) is 2. The molecule has 4 heteroatoms. The molecule has 0 rings (SSSR count). The highest BCUT2D eigenvalue weighted by molar-refractivity contribution is 5.96. The van der Waals surface area contributed by atoms with Crippen LogP contribution in [0.1, 0.15) is 0 Å². The molecule has 1 amide bonds. The summed E-state index contributed by atoms with van der Waals surface area (Å²) in [4.78, 5) is 10.1. The number of rotatable bonds is 1. The lowest BCUT2D eigenvalue weighted by Crippen LogP contribution is -2.12. The summed E-state index contributed by atoms with van der Waals surface area (Å²) in [6.45, 7) is 0. The van der Waals surface area contributed by atoms with E-state index in [1.54, 1.807) is 0 Å². The number of amides is 1. The largest absolute Gasteiger partial charge is 0.365 e. The molecule has 2 N–H and O–H groups in total. The molecular weight excluding hydrogens is 118 g/mol. The minimum atomic E-state index is -0.876. The number of hydrogen-bond donors (Lipinski definition) is 1. The quantitative estimate of drug-likeness (QED) is 0.372. The van der Waals surface area contributed by atoms with Gasteiger partial charge in [0.05, 0.1) is 6.07 Å². The second-order valence-corrected chi connectivity index (χ2v) is 1.16. The molecule has 0 saturated heterocycles. The van der Waals surface area contributed by atoms with Crippen LogP contribution in [0.4, 0.5) is 0 Å². The van der Waals surface area contributed by atoms with Gasteiger partial charge in [-0.3, -0.25) is 4.79 Å². The fourth-order valence-electron chi connectivity index (χ4n) is 0.223. The van der Waals surface area contributed by atoms with Crippen LogP contribution < -0.4 is 5.73 Å². The Kier molecular flexibility index (Phi) is 2.58. The lowest BCUT2D eigenvalue weighted by Gasteiger charge is -1.81. The highest BCUT2D eigenvalue weighted by atomic mass is 16.1. The molecule has 9 heavy (non-hydrogen) atoms. The van der Waals surface area contributed by atoms with Gasteiger partial charge in [0.15, 0.2) is 0 Å². The van der Waals surface area contributed by atoms with Crippen molar-refractivity contribution in [2.24, 2.45) is 5.73 Å². The first-order valence-corrected chi connectivity index (χ1v) is 2.02. The van der Waals surface area contributed by atoms with Gasteiger partial charge in [0, 0.05) is 6.08 Å². The standard InChI is InChI=1S/C5H3N3O/c6-2-1-4(3-7)5(8)9/h1H,(H2,8,9)/b4-1-. The summed E-state index contributed by atoms with van der Waals surface area (Å²) < 4.78 is 0. The Morgan fingerprint density at radius 1 is 1.56 bits per heavy atom. The predicted octanol–water partition coefficient (Wildman–Crippen LogP) is -0.555. The van der Waals surface area contributed by atoms with Gasteiger partial charge in [-0.15, -0.1) is 0 Å². The number of allylic oxidation sites excluding steroid dienone is 1. The molecular formula is C5H3N3O. The van der Waals surface area contributed by atoms with Crippen molar-refractivity contribution in [3.8, 4) is 12.1 Å². The van der Waals surface area contributed by atoms with Gasteiger partial charge in [0.1, 0.15) is 11.6 Å². The third-order valence-corrected chi connectivity index (χ3v) is 0.595. The molecule has 0 spiro atoms. The Morgan fingerprint density at radius 3 is 2.22 bits per heavy atom. The van der Waals surface area contributed by atoms with Crippen molar-refractivity contribution in [1.29, 1.82) is 10.5 Å². The summed E-state index contributed by atoms with van der Waals surface area (Å²) >= 11 is 0. The monoisotopic (exact) mass is 121 g/mol. The van der Waals surface area contributed by atoms with E-state index in [1.165, 1.54) is 12.1 Å². The van der Waals surface area contributed by atoms with Crippen molar-refractivity contribution < 1.29 is 4.79 Å². The second-order valence-electron chi connectivity index (χ2n) is 1.16. The zero-order valence-electron chi connectivity index (χ0n) is 4.46. The number of nitrogens with two attached hydrogens (primary N) is 1. The molecule has 0 aliphatic carbocycles. The lowest BCUT2D eigenvalue weighted by molar-refractivity contribution is -0.114. The zero-order valence-corrected chi connectivity index (χ0v) is 4.46. The maximum atomic E-state index is 10.1. The summed E-state index contributed by atoms with van der Waals surface area (Å²) in [5, 5.41) is 16.0. The Bertz CT molecular complexity index is 228. The topological polar surface area (TPSA) is 90.7 Å². The molecule has 44 valence electrons. The van der Waals surface area contributed by atoms with Gasteiger partial charge in [-0.2, -0.15) is 10.5 Å². The van der Waals surface area contributed by atoms with Crippen molar-refractivity contribution in [1.82, 2.24) is 0 Å². The van der Waals surface area contributed by atoms with Gasteiger partial charge in [-0.05, 0) is 0 Å². The van der Waals surface area contributed by atoms with Crippen molar-refractivity contribution in [3.63, 3.8) is 0 Å². The molecule has 0 radical (unpaired) electrons. The van der Waals surface area contributed by atoms with E-state index in [4.69, 9.17) is 10.5 Å². The van der Waals surface area contributed by atoms with Gasteiger partial charge in [0.25, 0.3) is 5.91 Å². The van der Waals surface area contributed by atoms with Gasteiger partial charge in [-0.1, -0.05) is 0 Å². The Morgan fingerprint density at radius 2 is 2.11 bits per heavy atom. The first kappa shape index (κ1) is 7.19. The number of hydrogen-bond acceptors (Lipinski definition) is 3. The van der Waals surface area contributed by atoms with Crippen LogP contribution in [0.15, 0.2) is 11.6 Å². The summed E-state index contributed by atoms with van der Waals surface area (Å²) in [6, 6.07) is 2.98. The maximum absolute atomic E-state index is 10.1. The van der Waals surface area contributed by atoms with Gasteiger partial charge in [-0.25, -0.2) is 0 Å². The Balaban J connectivity index is 4.45. The van der Waals surface area contributed by atoms with Gasteiger partial charge >= 0.3 is 0 Å². The maximum Gasteiger partial charge on any atom is 0.260 e. The third kappa shape index (κ3) is 2.10. The van der Waals surface area contributed by atoms with E-state index in [1.807, 2.05) is 0 Å². The van der Waals surface area contributed by atoms with Crippen molar-refractivity contribution in [3.05, 3.63) is 11.6 Å². The van der Waals surface area contributed by atoms with Crippen LogP contribution in [0.3, 0.4) is 0 Å². The lowest BCUT2D eigenvalue weighted by atomic mass is 10.3. The van der Waals surface area contributed by atoms with Crippen LogP contribution in [0.2, 0.25) is 0 Å². The van der Waals surface area contributed by atoms with E-state index >= 15 is 0 Å². The smallest absolute Gasteiger partial charge is 0.260 e. The zero-order chi connectivity index (χ0) is 7.28. The van der Waals surface area contributed by atoms with Gasteiger partial charge < -0.3 is 5.73 Å². The molecule has 0 aliphatic heterocycles. The van der Waals surface area contributed by atoms with Crippen LogP contribution in [0, 0.1) is 22.7 Å². The van der Waals surface area contributed by atoms with E-state index in [-0.39, 0.29) is 5.57 Å². The number of primary amides is 1. The molecule has 0 unspecified atom stereocenters. The van der Waals surface area contributed by atoms with Crippen LogP contribution in [0.25, 0.3) is 0 Å². The SMILES string of the molecule is N#C/C=C(/C#N)C(N)=O. The summed E-state index contributed by atoms with van der Waals surface area (Å²) in [5.74, 6) is -0.876. The highest BCUT2D eigenvalue weighted by Gasteiger charge is 1.99. The minimum absolute atomic E-state index is 0.322. The van der Waals surface area contributed by atoms with Crippen LogP contribution in [-0.4, -0.2) is 5.91 Å². The first-order valence-electron chi connectivity index (χ1n) is 2.02. The predicted molar refractivity (Wildman–Crippen MR) is 28.5 cm³/mol. The summed E-state index contributed by atoms with van der Waals surface area (Å²) in [5.41, 5.74) is 4.33. The average molecular weight is 121 g/mol. The van der Waals surface area contributed by atoms with Crippen LogP contribution in [-0.2, 0) is 4.79 Å². The third-order valence-electron chi connectivity index (χ3n) is 0.595. The van der Waals surface area contributed by atoms with Crippen LogP contribution >= 0.6 is 0 Å². The highest BCUT2D eigenvalue weighted by Crippen LogP contribution is 1.86. The number of nitriles is 2. The molecule has 0 fully saturated rings. The van der Waals surface area contributed by atoms with E-state index in [0.717, 1.165) is 6.08 Å². The molecule has 0 saturated carbocycles. The minimum Gasteiger partial charge on any atom is -0.365 e. The fourth-order valence-corrected chi connectivity index (χ4v) is 0.223. The normalized spacial score (nSPS) is 9.33. The van der Waals surface area contributed by atoms with E-state index in [9.17, 15) is 4.79 Å². The molecule has 0 aromatic carbocycles. The van der Waals surface area contributed by atoms with E-state index in [0.29, 0.717) is 0 Å². The number of carbonyl (C=O) groups is 1. The Labute approximate surface area is 51.8 Å². The average Bonchev–Trinajstić information content (AvgIpc) is 1.82. The van der Waals surface area contributed by atoms with Crippen molar-refractivity contribution in [2.75, 3.05) is 0 Å². The number of carbonyl (C=O) groups excluding carboxylic acids is 1. The summed E-state index contributed by atoms with van der Waals surface area (Å²) in [6.07, 6.45) is 0.808. The molecule has 0 aliphatic rings. The first-order chi connectivity index (χ1) is 4.22.